The molecule has 0 aromatic heterocycles. The molecule has 0 aromatic rings. The number of hydrogen-bond acceptors (Lipinski definition) is 0. The Kier molecular flexibility index (Phi) is 6.75. The molecule has 0 aromatic carbocycles. The minimum atomic E-state index is -0.438. The Hall–Kier alpha value is 0.217. The predicted molar refractivity (Wildman–Crippen MR) is 66.3 cm³/mol. The van der Waals surface area contributed by atoms with Gasteiger partial charge in [0.2, 0.25) is 0 Å². The molecule has 1 heteroatoms. The van der Waals surface area contributed by atoms with Crippen molar-refractivity contribution < 1.29 is 0 Å². The van der Waals surface area contributed by atoms with Gasteiger partial charge in [-0.25, -0.2) is 0 Å². The van der Waals surface area contributed by atoms with Crippen molar-refractivity contribution in [3.8, 4) is 0 Å². The average Bonchev–Trinajstić information content (AvgIpc) is 2.03. The molecular formula is C12H28Si. The number of hydrogen-bond donors (Lipinski definition) is 0. The average molecular weight is 200 g/mol. The zero-order valence-corrected chi connectivity index (χ0v) is 11.5. The molecule has 0 saturated carbocycles. The van der Waals surface area contributed by atoms with Crippen molar-refractivity contribution >= 4 is 8.80 Å². The van der Waals surface area contributed by atoms with Gasteiger partial charge in [-0.1, -0.05) is 72.4 Å². The molecule has 0 saturated heterocycles. The van der Waals surface area contributed by atoms with Crippen LogP contribution in [0.3, 0.4) is 0 Å². The summed E-state index contributed by atoms with van der Waals surface area (Å²) in [4.78, 5) is 0. The third-order valence-electron chi connectivity index (χ3n) is 3.49. The minimum Gasteiger partial charge on any atom is -0.0718 e. The highest BCUT2D eigenvalue weighted by Crippen LogP contribution is 2.34. The van der Waals surface area contributed by atoms with Crippen LogP contribution in [0.2, 0.25) is 18.1 Å². The largest absolute Gasteiger partial charge is 0.0718 e. The van der Waals surface area contributed by atoms with Crippen molar-refractivity contribution in [3.05, 3.63) is 0 Å². The fourth-order valence-electron chi connectivity index (χ4n) is 1.47. The Labute approximate surface area is 86.7 Å². The van der Waals surface area contributed by atoms with Crippen LogP contribution in [-0.2, 0) is 0 Å². The van der Waals surface area contributed by atoms with Gasteiger partial charge in [0.25, 0.3) is 0 Å². The normalized spacial score (nSPS) is 12.5. The molecule has 0 aliphatic heterocycles. The second kappa shape index (κ2) is 6.64. The van der Waals surface area contributed by atoms with E-state index in [0.717, 1.165) is 0 Å². The Morgan fingerprint density at radius 2 is 1.46 bits per heavy atom. The molecule has 0 unspecified atom stereocenters. The maximum absolute atomic E-state index is 2.48. The lowest BCUT2D eigenvalue weighted by Gasteiger charge is -2.28. The first-order chi connectivity index (χ1) is 6.00. The van der Waals surface area contributed by atoms with Gasteiger partial charge in [0.15, 0.2) is 0 Å². The van der Waals surface area contributed by atoms with Crippen LogP contribution in [0.25, 0.3) is 0 Å². The molecule has 13 heavy (non-hydrogen) atoms. The minimum absolute atomic E-state index is 0.438. The van der Waals surface area contributed by atoms with Crippen molar-refractivity contribution in [1.29, 1.82) is 0 Å². The molecule has 0 amide bonds. The van der Waals surface area contributed by atoms with Gasteiger partial charge in [-0.15, -0.1) is 0 Å². The van der Waals surface area contributed by atoms with E-state index in [9.17, 15) is 0 Å². The number of rotatable bonds is 7. The van der Waals surface area contributed by atoms with E-state index in [1.165, 1.54) is 38.5 Å². The summed E-state index contributed by atoms with van der Waals surface area (Å²) in [7, 11) is -0.438. The SMILES string of the molecule is CCCCCCCC(C)(C)[SiH](C)C. The standard InChI is InChI=1S/C12H28Si/c1-6-7-8-9-10-11-12(2,3)13(4)5/h13H,6-11H2,1-5H3. The summed E-state index contributed by atoms with van der Waals surface area (Å²) in [5, 5.41) is 0.687. The van der Waals surface area contributed by atoms with Crippen LogP contribution in [0, 0.1) is 0 Å². The Balaban J connectivity index is 3.41. The van der Waals surface area contributed by atoms with Crippen LogP contribution >= 0.6 is 0 Å². The van der Waals surface area contributed by atoms with E-state index in [1.54, 1.807) is 0 Å². The third kappa shape index (κ3) is 6.31. The lowest BCUT2D eigenvalue weighted by atomic mass is 10.0. The van der Waals surface area contributed by atoms with Crippen molar-refractivity contribution in [2.75, 3.05) is 0 Å². The van der Waals surface area contributed by atoms with Crippen LogP contribution in [0.1, 0.15) is 59.3 Å². The fraction of sp³-hybridized carbons (Fsp3) is 1.00. The van der Waals surface area contributed by atoms with Gasteiger partial charge in [-0.05, 0) is 5.04 Å². The maximum Gasteiger partial charge on any atom is 0.0364 e. The van der Waals surface area contributed by atoms with Gasteiger partial charge < -0.3 is 0 Å². The lowest BCUT2D eigenvalue weighted by molar-refractivity contribution is 0.525. The van der Waals surface area contributed by atoms with Crippen molar-refractivity contribution in [2.45, 2.75) is 77.4 Å². The van der Waals surface area contributed by atoms with Crippen LogP contribution < -0.4 is 0 Å². The summed E-state index contributed by atoms with van der Waals surface area (Å²) >= 11 is 0. The van der Waals surface area contributed by atoms with Gasteiger partial charge in [0, 0.05) is 8.80 Å². The molecule has 0 rings (SSSR count). The molecule has 0 aliphatic carbocycles. The van der Waals surface area contributed by atoms with Crippen LogP contribution in [0.4, 0.5) is 0 Å². The summed E-state index contributed by atoms with van der Waals surface area (Å²) in [6.07, 6.45) is 8.62. The van der Waals surface area contributed by atoms with Crippen molar-refractivity contribution in [3.63, 3.8) is 0 Å². The molecule has 0 aliphatic rings. The molecule has 0 atom stereocenters. The Bertz CT molecular complexity index is 116. The monoisotopic (exact) mass is 200 g/mol. The zero-order valence-electron chi connectivity index (χ0n) is 10.3. The smallest absolute Gasteiger partial charge is 0.0364 e. The first kappa shape index (κ1) is 13.2. The maximum atomic E-state index is 2.48. The summed E-state index contributed by atoms with van der Waals surface area (Å²) < 4.78 is 0. The van der Waals surface area contributed by atoms with E-state index < -0.39 is 8.80 Å². The summed E-state index contributed by atoms with van der Waals surface area (Å²) in [6, 6.07) is 0. The molecular weight excluding hydrogens is 172 g/mol. The highest BCUT2D eigenvalue weighted by molar-refractivity contribution is 6.59. The van der Waals surface area contributed by atoms with E-state index in [1.807, 2.05) is 0 Å². The molecule has 0 N–H and O–H groups in total. The molecule has 0 fully saturated rings. The third-order valence-corrected chi connectivity index (χ3v) is 6.90. The quantitative estimate of drug-likeness (QED) is 0.416. The van der Waals surface area contributed by atoms with Gasteiger partial charge in [-0.2, -0.15) is 0 Å². The second-order valence-corrected chi connectivity index (χ2v) is 9.18. The van der Waals surface area contributed by atoms with Gasteiger partial charge in [0.1, 0.15) is 0 Å². The molecule has 0 heterocycles. The van der Waals surface area contributed by atoms with Crippen LogP contribution in [-0.4, -0.2) is 8.80 Å². The first-order valence-electron chi connectivity index (χ1n) is 6.00. The van der Waals surface area contributed by atoms with Gasteiger partial charge >= 0.3 is 0 Å². The first-order valence-corrected chi connectivity index (χ1v) is 8.89. The molecule has 0 spiro atoms. The molecule has 80 valence electrons. The van der Waals surface area contributed by atoms with E-state index in [-0.39, 0.29) is 0 Å². The summed E-state index contributed by atoms with van der Waals surface area (Å²) in [6.45, 7) is 12.2. The van der Waals surface area contributed by atoms with E-state index in [2.05, 4.69) is 33.9 Å². The van der Waals surface area contributed by atoms with Crippen molar-refractivity contribution in [2.24, 2.45) is 0 Å². The van der Waals surface area contributed by atoms with Gasteiger partial charge in [0.05, 0.1) is 0 Å². The highest BCUT2D eigenvalue weighted by Gasteiger charge is 2.22. The van der Waals surface area contributed by atoms with E-state index >= 15 is 0 Å². The van der Waals surface area contributed by atoms with Crippen molar-refractivity contribution in [1.82, 2.24) is 0 Å². The topological polar surface area (TPSA) is 0 Å². The van der Waals surface area contributed by atoms with Gasteiger partial charge in [-0.3, -0.25) is 0 Å². The highest BCUT2D eigenvalue weighted by atomic mass is 28.3. The summed E-state index contributed by atoms with van der Waals surface area (Å²) in [5.74, 6) is 0. The Morgan fingerprint density at radius 3 is 1.92 bits per heavy atom. The van der Waals surface area contributed by atoms with E-state index in [0.29, 0.717) is 5.04 Å². The lowest BCUT2D eigenvalue weighted by Crippen LogP contribution is -2.20. The second-order valence-electron chi connectivity index (χ2n) is 5.31. The molecule has 0 bridgehead atoms. The summed E-state index contributed by atoms with van der Waals surface area (Å²) in [5.41, 5.74) is 0. The van der Waals surface area contributed by atoms with Crippen LogP contribution in [0.5, 0.6) is 0 Å². The molecule has 0 nitrogen and oxygen atoms in total. The van der Waals surface area contributed by atoms with E-state index in [4.69, 9.17) is 0 Å². The molecule has 0 radical (unpaired) electrons. The number of unbranched alkanes of at least 4 members (excludes halogenated alkanes) is 4. The van der Waals surface area contributed by atoms with Crippen LogP contribution in [0.15, 0.2) is 0 Å². The predicted octanol–water partition coefficient (Wildman–Crippen LogP) is 4.61. The fourth-order valence-corrected chi connectivity index (χ4v) is 2.25. The Morgan fingerprint density at radius 1 is 0.923 bits per heavy atom. The zero-order chi connectivity index (χ0) is 10.3.